The minimum Gasteiger partial charge on any atom is -0.346 e. The second kappa shape index (κ2) is 6.80. The summed E-state index contributed by atoms with van der Waals surface area (Å²) in [7, 11) is 1.79. The van der Waals surface area contributed by atoms with Gasteiger partial charge in [-0.1, -0.05) is 17.7 Å². The molecule has 1 unspecified atom stereocenters. The molecule has 5 nitrogen and oxygen atoms in total. The topological polar surface area (TPSA) is 61.4 Å². The van der Waals surface area contributed by atoms with Crippen molar-refractivity contribution in [2.75, 3.05) is 18.9 Å². The fourth-order valence-corrected chi connectivity index (χ4v) is 2.46. The van der Waals surface area contributed by atoms with Crippen molar-refractivity contribution in [3.8, 4) is 0 Å². The smallest absolute Gasteiger partial charge is 0.319 e. The lowest BCUT2D eigenvalue weighted by Crippen LogP contribution is -2.38. The highest BCUT2D eigenvalue weighted by Crippen LogP contribution is 2.20. The van der Waals surface area contributed by atoms with Crippen LogP contribution in [-0.2, 0) is 4.79 Å². The normalized spacial score (nSPS) is 19.1. The van der Waals surface area contributed by atoms with E-state index in [2.05, 4.69) is 10.6 Å². The van der Waals surface area contributed by atoms with Gasteiger partial charge in [-0.2, -0.15) is 0 Å². The second-order valence-electron chi connectivity index (χ2n) is 5.40. The Morgan fingerprint density at radius 2 is 2.14 bits per heavy atom. The van der Waals surface area contributed by atoms with E-state index in [1.807, 2.05) is 19.1 Å². The van der Waals surface area contributed by atoms with Gasteiger partial charge >= 0.3 is 6.03 Å². The van der Waals surface area contributed by atoms with Crippen molar-refractivity contribution in [3.05, 3.63) is 28.8 Å². The van der Waals surface area contributed by atoms with Gasteiger partial charge in [0.15, 0.2) is 0 Å². The fourth-order valence-electron chi connectivity index (χ4n) is 2.27. The lowest BCUT2D eigenvalue weighted by molar-refractivity contribution is -0.129. The summed E-state index contributed by atoms with van der Waals surface area (Å²) in [4.78, 5) is 25.3. The first kappa shape index (κ1) is 15.6. The maximum absolute atomic E-state index is 12.0. The average molecular weight is 310 g/mol. The first-order chi connectivity index (χ1) is 9.95. The zero-order valence-corrected chi connectivity index (χ0v) is 13.0. The SMILES string of the molecule is Cc1ccc(NC(=O)NC2CCC(=O)N(C)CC2)cc1Cl. The van der Waals surface area contributed by atoms with Crippen molar-refractivity contribution in [1.29, 1.82) is 0 Å². The monoisotopic (exact) mass is 309 g/mol. The molecule has 0 aliphatic carbocycles. The summed E-state index contributed by atoms with van der Waals surface area (Å²) in [5.41, 5.74) is 1.62. The summed E-state index contributed by atoms with van der Waals surface area (Å²) in [5.74, 6) is 0.130. The van der Waals surface area contributed by atoms with Crippen LogP contribution in [0.5, 0.6) is 0 Å². The molecule has 3 amide bonds. The molecule has 0 spiro atoms. The lowest BCUT2D eigenvalue weighted by atomic mass is 10.1. The highest BCUT2D eigenvalue weighted by atomic mass is 35.5. The number of halogens is 1. The molecule has 1 heterocycles. The number of likely N-dealkylation sites (tertiary alicyclic amines) is 1. The van der Waals surface area contributed by atoms with Crippen LogP contribution < -0.4 is 10.6 Å². The minimum atomic E-state index is -0.267. The summed E-state index contributed by atoms with van der Waals surface area (Å²) in [6.07, 6.45) is 1.91. The van der Waals surface area contributed by atoms with Crippen molar-refractivity contribution in [3.63, 3.8) is 0 Å². The quantitative estimate of drug-likeness (QED) is 0.882. The van der Waals surface area contributed by atoms with Gasteiger partial charge in [-0.15, -0.1) is 0 Å². The number of anilines is 1. The molecule has 1 aliphatic heterocycles. The Morgan fingerprint density at radius 3 is 2.86 bits per heavy atom. The van der Waals surface area contributed by atoms with E-state index in [0.717, 1.165) is 12.0 Å². The van der Waals surface area contributed by atoms with Crippen LogP contribution >= 0.6 is 11.6 Å². The Kier molecular flexibility index (Phi) is 5.07. The molecule has 0 saturated carbocycles. The van der Waals surface area contributed by atoms with Crippen LogP contribution in [0, 0.1) is 6.92 Å². The summed E-state index contributed by atoms with van der Waals surface area (Å²) in [5, 5.41) is 6.30. The number of hydrogen-bond donors (Lipinski definition) is 2. The maximum Gasteiger partial charge on any atom is 0.319 e. The molecule has 1 aliphatic rings. The van der Waals surface area contributed by atoms with Gasteiger partial charge in [0.2, 0.25) is 5.91 Å². The molecule has 21 heavy (non-hydrogen) atoms. The first-order valence-electron chi connectivity index (χ1n) is 7.03. The van der Waals surface area contributed by atoms with Gasteiger partial charge in [0, 0.05) is 36.8 Å². The predicted octanol–water partition coefficient (Wildman–Crippen LogP) is 2.78. The molecule has 1 fully saturated rings. The van der Waals surface area contributed by atoms with Crippen LogP contribution in [0.2, 0.25) is 5.02 Å². The fraction of sp³-hybridized carbons (Fsp3) is 0.467. The van der Waals surface area contributed by atoms with Gasteiger partial charge in [0.1, 0.15) is 0 Å². The van der Waals surface area contributed by atoms with Crippen LogP contribution in [0.15, 0.2) is 18.2 Å². The number of carbonyl (C=O) groups is 2. The van der Waals surface area contributed by atoms with E-state index in [4.69, 9.17) is 11.6 Å². The summed E-state index contributed by atoms with van der Waals surface area (Å²) in [6.45, 7) is 2.57. The second-order valence-corrected chi connectivity index (χ2v) is 5.81. The molecular formula is C15H20ClN3O2. The molecule has 2 N–H and O–H groups in total. The molecule has 0 bridgehead atoms. The lowest BCUT2D eigenvalue weighted by Gasteiger charge is -2.17. The van der Waals surface area contributed by atoms with Gasteiger partial charge in [-0.05, 0) is 37.5 Å². The van der Waals surface area contributed by atoms with E-state index in [9.17, 15) is 9.59 Å². The number of aryl methyl sites for hydroxylation is 1. The molecule has 6 heteroatoms. The number of nitrogens with zero attached hydrogens (tertiary/aromatic N) is 1. The van der Waals surface area contributed by atoms with E-state index in [1.165, 1.54) is 0 Å². The van der Waals surface area contributed by atoms with Gasteiger partial charge in [-0.3, -0.25) is 4.79 Å². The number of urea groups is 1. The third kappa shape index (κ3) is 4.36. The molecule has 2 rings (SSSR count). The van der Waals surface area contributed by atoms with E-state index in [0.29, 0.717) is 30.1 Å². The van der Waals surface area contributed by atoms with E-state index >= 15 is 0 Å². The number of carbonyl (C=O) groups excluding carboxylic acids is 2. The number of hydrogen-bond acceptors (Lipinski definition) is 2. The Labute approximate surface area is 129 Å². The molecule has 0 radical (unpaired) electrons. The third-order valence-electron chi connectivity index (χ3n) is 3.71. The first-order valence-corrected chi connectivity index (χ1v) is 7.41. The van der Waals surface area contributed by atoms with Crippen molar-refractivity contribution in [2.24, 2.45) is 0 Å². The average Bonchev–Trinajstić information content (AvgIpc) is 2.58. The van der Waals surface area contributed by atoms with Crippen LogP contribution in [0.3, 0.4) is 0 Å². The van der Waals surface area contributed by atoms with Crippen molar-refractivity contribution in [1.82, 2.24) is 10.2 Å². The maximum atomic E-state index is 12.0. The zero-order chi connectivity index (χ0) is 15.4. The largest absolute Gasteiger partial charge is 0.346 e. The third-order valence-corrected chi connectivity index (χ3v) is 4.12. The molecular weight excluding hydrogens is 290 g/mol. The zero-order valence-electron chi connectivity index (χ0n) is 12.3. The molecule has 114 valence electrons. The van der Waals surface area contributed by atoms with Gasteiger partial charge in [0.25, 0.3) is 0 Å². The number of benzene rings is 1. The van der Waals surface area contributed by atoms with Gasteiger partial charge in [0.05, 0.1) is 0 Å². The Hall–Kier alpha value is -1.75. The number of amides is 3. The number of rotatable bonds is 2. The molecule has 0 aromatic heterocycles. The van der Waals surface area contributed by atoms with Crippen LogP contribution in [0.1, 0.15) is 24.8 Å². The molecule has 1 saturated heterocycles. The number of nitrogens with one attached hydrogen (secondary N) is 2. The molecule has 1 aromatic rings. The highest BCUT2D eigenvalue weighted by Gasteiger charge is 2.21. The van der Waals surface area contributed by atoms with E-state index in [1.54, 1.807) is 18.0 Å². The highest BCUT2D eigenvalue weighted by molar-refractivity contribution is 6.31. The van der Waals surface area contributed by atoms with Gasteiger partial charge < -0.3 is 15.5 Å². The predicted molar refractivity (Wildman–Crippen MR) is 83.6 cm³/mol. The van der Waals surface area contributed by atoms with E-state index in [-0.39, 0.29) is 18.0 Å². The molecule has 1 atom stereocenters. The Balaban J connectivity index is 1.89. The standard InChI is InChI=1S/C15H20ClN3O2/c1-10-3-4-12(9-13(10)16)18-15(21)17-11-5-6-14(20)19(2)8-7-11/h3-4,9,11H,5-8H2,1-2H3,(H2,17,18,21). The van der Waals surface area contributed by atoms with E-state index < -0.39 is 0 Å². The van der Waals surface area contributed by atoms with Crippen molar-refractivity contribution in [2.45, 2.75) is 32.2 Å². The van der Waals surface area contributed by atoms with Crippen molar-refractivity contribution < 1.29 is 9.59 Å². The Bertz CT molecular complexity index is 548. The summed E-state index contributed by atoms with van der Waals surface area (Å²) < 4.78 is 0. The molecule has 1 aromatic carbocycles. The summed E-state index contributed by atoms with van der Waals surface area (Å²) >= 11 is 6.03. The Morgan fingerprint density at radius 1 is 1.38 bits per heavy atom. The van der Waals surface area contributed by atoms with Crippen LogP contribution in [0.25, 0.3) is 0 Å². The minimum absolute atomic E-state index is 0.0137. The van der Waals surface area contributed by atoms with Crippen LogP contribution in [0.4, 0.5) is 10.5 Å². The van der Waals surface area contributed by atoms with Gasteiger partial charge in [-0.25, -0.2) is 4.79 Å². The summed E-state index contributed by atoms with van der Waals surface area (Å²) in [6, 6.07) is 5.14. The van der Waals surface area contributed by atoms with Crippen molar-refractivity contribution >= 4 is 29.2 Å². The van der Waals surface area contributed by atoms with Crippen LogP contribution in [-0.4, -0.2) is 36.5 Å².